The van der Waals surface area contributed by atoms with E-state index in [-0.39, 0.29) is 12.3 Å². The van der Waals surface area contributed by atoms with Crippen molar-refractivity contribution in [3.63, 3.8) is 0 Å². The Bertz CT molecular complexity index is 524. The molecule has 1 heterocycles. The molecule has 0 aromatic heterocycles. The van der Waals surface area contributed by atoms with E-state index >= 15 is 0 Å². The number of amides is 1. The molecule has 1 amide bonds. The SMILES string of the molecule is O=C(O)C[C@@H](CCCc1ccc(Cl)cc1)C(=O)N1CCCCC1. The predicted molar refractivity (Wildman–Crippen MR) is 90.6 cm³/mol. The first kappa shape index (κ1) is 17.8. The van der Waals surface area contributed by atoms with E-state index in [0.717, 1.165) is 50.8 Å². The van der Waals surface area contributed by atoms with Crippen LogP contribution in [0.25, 0.3) is 0 Å². The molecule has 2 rings (SSSR count). The van der Waals surface area contributed by atoms with Gasteiger partial charge in [-0.1, -0.05) is 23.7 Å². The summed E-state index contributed by atoms with van der Waals surface area (Å²) in [5, 5.41) is 9.80. The monoisotopic (exact) mass is 337 g/mol. The van der Waals surface area contributed by atoms with E-state index in [1.807, 2.05) is 29.2 Å². The Morgan fingerprint density at radius 3 is 2.39 bits per heavy atom. The number of hydrogen-bond acceptors (Lipinski definition) is 2. The Labute approximate surface area is 142 Å². The van der Waals surface area contributed by atoms with Crippen LogP contribution in [0.5, 0.6) is 0 Å². The third kappa shape index (κ3) is 5.87. The highest BCUT2D eigenvalue weighted by molar-refractivity contribution is 6.30. The maximum absolute atomic E-state index is 12.6. The van der Waals surface area contributed by atoms with E-state index in [2.05, 4.69) is 0 Å². The molecular weight excluding hydrogens is 314 g/mol. The number of carbonyl (C=O) groups excluding carboxylic acids is 1. The summed E-state index contributed by atoms with van der Waals surface area (Å²) < 4.78 is 0. The Balaban J connectivity index is 1.88. The third-order valence-electron chi connectivity index (χ3n) is 4.37. The lowest BCUT2D eigenvalue weighted by Gasteiger charge is -2.30. The van der Waals surface area contributed by atoms with Gasteiger partial charge in [0.25, 0.3) is 0 Å². The lowest BCUT2D eigenvalue weighted by Crippen LogP contribution is -2.40. The van der Waals surface area contributed by atoms with E-state index < -0.39 is 11.9 Å². The van der Waals surface area contributed by atoms with E-state index in [1.54, 1.807) is 0 Å². The highest BCUT2D eigenvalue weighted by atomic mass is 35.5. The molecule has 1 aromatic rings. The van der Waals surface area contributed by atoms with Crippen molar-refractivity contribution in [1.82, 2.24) is 4.90 Å². The second-order valence-corrected chi connectivity index (χ2v) is 6.64. The first-order valence-corrected chi connectivity index (χ1v) is 8.69. The van der Waals surface area contributed by atoms with Crippen molar-refractivity contribution in [1.29, 1.82) is 0 Å². The molecular formula is C18H24ClNO3. The van der Waals surface area contributed by atoms with Crippen molar-refractivity contribution in [2.45, 2.75) is 44.9 Å². The van der Waals surface area contributed by atoms with Crippen LogP contribution >= 0.6 is 11.6 Å². The molecule has 1 fully saturated rings. The maximum Gasteiger partial charge on any atom is 0.304 e. The van der Waals surface area contributed by atoms with E-state index in [0.29, 0.717) is 11.4 Å². The van der Waals surface area contributed by atoms with Crippen LogP contribution < -0.4 is 0 Å². The van der Waals surface area contributed by atoms with Gasteiger partial charge >= 0.3 is 5.97 Å². The molecule has 0 aliphatic carbocycles. The number of carboxylic acids is 1. The largest absolute Gasteiger partial charge is 0.481 e. The van der Waals surface area contributed by atoms with Gasteiger partial charge in [-0.25, -0.2) is 0 Å². The van der Waals surface area contributed by atoms with Crippen LogP contribution in [0.3, 0.4) is 0 Å². The molecule has 0 bridgehead atoms. The summed E-state index contributed by atoms with van der Waals surface area (Å²) in [5.74, 6) is -1.28. The average Bonchev–Trinajstić information content (AvgIpc) is 2.55. The minimum Gasteiger partial charge on any atom is -0.481 e. The fourth-order valence-electron chi connectivity index (χ4n) is 3.10. The molecule has 0 radical (unpaired) electrons. The summed E-state index contributed by atoms with van der Waals surface area (Å²) in [6.07, 6.45) is 5.39. The minimum atomic E-state index is -0.896. The van der Waals surface area contributed by atoms with Gasteiger partial charge in [0.2, 0.25) is 5.91 Å². The third-order valence-corrected chi connectivity index (χ3v) is 4.62. The zero-order chi connectivity index (χ0) is 16.7. The van der Waals surface area contributed by atoms with Crippen molar-refractivity contribution in [2.75, 3.05) is 13.1 Å². The molecule has 1 N–H and O–H groups in total. The summed E-state index contributed by atoms with van der Waals surface area (Å²) in [4.78, 5) is 25.5. The molecule has 5 heteroatoms. The van der Waals surface area contributed by atoms with Gasteiger partial charge in [-0.15, -0.1) is 0 Å². The van der Waals surface area contributed by atoms with Crippen molar-refractivity contribution in [2.24, 2.45) is 5.92 Å². The Morgan fingerprint density at radius 2 is 1.78 bits per heavy atom. The van der Waals surface area contributed by atoms with Gasteiger partial charge in [0.05, 0.1) is 6.42 Å². The van der Waals surface area contributed by atoms with Gasteiger partial charge in [-0.2, -0.15) is 0 Å². The zero-order valence-corrected chi connectivity index (χ0v) is 14.1. The number of piperidine rings is 1. The summed E-state index contributed by atoms with van der Waals surface area (Å²) >= 11 is 5.87. The zero-order valence-electron chi connectivity index (χ0n) is 13.3. The summed E-state index contributed by atoms with van der Waals surface area (Å²) in [6.45, 7) is 1.54. The molecule has 1 aromatic carbocycles. The number of aryl methyl sites for hydroxylation is 1. The summed E-state index contributed by atoms with van der Waals surface area (Å²) in [7, 11) is 0. The van der Waals surface area contributed by atoms with Crippen LogP contribution in [-0.2, 0) is 16.0 Å². The first-order chi connectivity index (χ1) is 11.1. The minimum absolute atomic E-state index is 0.0169. The molecule has 0 saturated carbocycles. The first-order valence-electron chi connectivity index (χ1n) is 8.31. The number of carbonyl (C=O) groups is 2. The predicted octanol–water partition coefficient (Wildman–Crippen LogP) is 3.77. The number of nitrogens with zero attached hydrogens (tertiary/aromatic N) is 1. The van der Waals surface area contributed by atoms with E-state index in [1.165, 1.54) is 0 Å². The van der Waals surface area contributed by atoms with Crippen LogP contribution in [0.1, 0.15) is 44.1 Å². The Kier molecular flexibility index (Phi) is 6.90. The maximum atomic E-state index is 12.6. The highest BCUT2D eigenvalue weighted by Gasteiger charge is 2.27. The smallest absolute Gasteiger partial charge is 0.304 e. The Hall–Kier alpha value is -1.55. The number of benzene rings is 1. The number of carboxylic acid groups (broad SMARTS) is 1. The van der Waals surface area contributed by atoms with E-state index in [4.69, 9.17) is 16.7 Å². The van der Waals surface area contributed by atoms with E-state index in [9.17, 15) is 9.59 Å². The highest BCUT2D eigenvalue weighted by Crippen LogP contribution is 2.20. The molecule has 23 heavy (non-hydrogen) atoms. The quantitative estimate of drug-likeness (QED) is 0.824. The topological polar surface area (TPSA) is 57.6 Å². The normalized spacial score (nSPS) is 16.1. The van der Waals surface area contributed by atoms with Crippen LogP contribution in [-0.4, -0.2) is 35.0 Å². The molecule has 1 aliphatic rings. The second kappa shape index (κ2) is 8.92. The molecule has 1 saturated heterocycles. The average molecular weight is 338 g/mol. The molecule has 126 valence electrons. The summed E-state index contributed by atoms with van der Waals surface area (Å²) in [5.41, 5.74) is 1.16. The van der Waals surface area contributed by atoms with Crippen LogP contribution in [0.4, 0.5) is 0 Å². The van der Waals surface area contributed by atoms with Gasteiger partial charge in [0, 0.05) is 24.0 Å². The van der Waals surface area contributed by atoms with Crippen molar-refractivity contribution >= 4 is 23.5 Å². The van der Waals surface area contributed by atoms with Gasteiger partial charge in [0.1, 0.15) is 0 Å². The molecule has 1 atom stereocenters. The number of rotatable bonds is 7. The Morgan fingerprint density at radius 1 is 1.13 bits per heavy atom. The fourth-order valence-corrected chi connectivity index (χ4v) is 3.23. The van der Waals surface area contributed by atoms with Gasteiger partial charge in [-0.3, -0.25) is 9.59 Å². The van der Waals surface area contributed by atoms with Gasteiger partial charge in [-0.05, 0) is 56.2 Å². The number of likely N-dealkylation sites (tertiary alicyclic amines) is 1. The van der Waals surface area contributed by atoms with Crippen LogP contribution in [0, 0.1) is 5.92 Å². The molecule has 4 nitrogen and oxygen atoms in total. The van der Waals surface area contributed by atoms with Crippen molar-refractivity contribution in [3.8, 4) is 0 Å². The van der Waals surface area contributed by atoms with Crippen molar-refractivity contribution < 1.29 is 14.7 Å². The van der Waals surface area contributed by atoms with Gasteiger partial charge in [0.15, 0.2) is 0 Å². The fraction of sp³-hybridized carbons (Fsp3) is 0.556. The van der Waals surface area contributed by atoms with Gasteiger partial charge < -0.3 is 10.0 Å². The standard InChI is InChI=1S/C18H24ClNO3/c19-16-9-7-14(8-10-16)5-4-6-15(13-17(21)22)18(23)20-11-2-1-3-12-20/h7-10,15H,1-6,11-13H2,(H,21,22)/t15-/m1/s1. The molecule has 1 aliphatic heterocycles. The van der Waals surface area contributed by atoms with Crippen molar-refractivity contribution in [3.05, 3.63) is 34.9 Å². The number of halogens is 1. The lowest BCUT2D eigenvalue weighted by molar-refractivity contribution is -0.145. The lowest BCUT2D eigenvalue weighted by atomic mass is 9.94. The number of aliphatic carboxylic acids is 1. The second-order valence-electron chi connectivity index (χ2n) is 6.20. The summed E-state index contributed by atoms with van der Waals surface area (Å²) in [6, 6.07) is 7.65. The molecule has 0 unspecified atom stereocenters. The number of hydrogen-bond donors (Lipinski definition) is 1. The molecule has 0 spiro atoms. The van der Waals surface area contributed by atoms with Crippen LogP contribution in [0.2, 0.25) is 5.02 Å². The van der Waals surface area contributed by atoms with Crippen LogP contribution in [0.15, 0.2) is 24.3 Å².